The molecule has 0 aliphatic carbocycles. The summed E-state index contributed by atoms with van der Waals surface area (Å²) in [5, 5.41) is 8.84. The second kappa shape index (κ2) is 7.88. The molecule has 0 atom stereocenters. The lowest BCUT2D eigenvalue weighted by atomic mass is 10.1. The van der Waals surface area contributed by atoms with Gasteiger partial charge in [-0.25, -0.2) is 9.78 Å². The van der Waals surface area contributed by atoms with Gasteiger partial charge in [0, 0.05) is 5.56 Å². The smallest absolute Gasteiger partial charge is 0.356 e. The number of aromatic nitrogens is 2. The highest BCUT2D eigenvalue weighted by Crippen LogP contribution is 2.21. The van der Waals surface area contributed by atoms with E-state index in [4.69, 9.17) is 9.84 Å². The second-order valence-corrected chi connectivity index (χ2v) is 5.28. The molecule has 0 amide bonds. The van der Waals surface area contributed by atoms with Crippen LogP contribution >= 0.6 is 0 Å². The average Bonchev–Trinajstić information content (AvgIpc) is 2.66. The van der Waals surface area contributed by atoms with Crippen molar-refractivity contribution in [2.75, 3.05) is 0 Å². The number of carboxylic acids is 1. The summed E-state index contributed by atoms with van der Waals surface area (Å²) < 4.78 is 5.90. The van der Waals surface area contributed by atoms with E-state index in [2.05, 4.69) is 9.97 Å². The van der Waals surface area contributed by atoms with Gasteiger partial charge in [0.05, 0.1) is 18.1 Å². The van der Waals surface area contributed by atoms with Crippen molar-refractivity contribution in [3.05, 3.63) is 89.5 Å². The van der Waals surface area contributed by atoms with Crippen molar-refractivity contribution in [1.82, 2.24) is 9.97 Å². The molecule has 124 valence electrons. The highest BCUT2D eigenvalue weighted by Gasteiger charge is 2.04. The van der Waals surface area contributed by atoms with E-state index in [0.29, 0.717) is 12.3 Å². The number of nitrogens with zero attached hydrogens (tertiary/aromatic N) is 2. The molecule has 1 N–H and O–H groups in total. The Morgan fingerprint density at radius 2 is 1.72 bits per heavy atom. The zero-order chi connectivity index (χ0) is 17.5. The van der Waals surface area contributed by atoms with E-state index in [0.717, 1.165) is 16.9 Å². The first kappa shape index (κ1) is 16.4. The van der Waals surface area contributed by atoms with Crippen LogP contribution in [-0.4, -0.2) is 21.0 Å². The van der Waals surface area contributed by atoms with Crippen molar-refractivity contribution in [2.45, 2.75) is 6.61 Å². The van der Waals surface area contributed by atoms with Crippen LogP contribution in [0, 0.1) is 0 Å². The van der Waals surface area contributed by atoms with Gasteiger partial charge in [0.2, 0.25) is 0 Å². The molecule has 0 radical (unpaired) electrons. The fourth-order valence-electron chi connectivity index (χ4n) is 2.19. The molecule has 3 aromatic rings. The number of rotatable bonds is 6. The molecule has 0 unspecified atom stereocenters. The predicted octanol–water partition coefficient (Wildman–Crippen LogP) is 3.92. The van der Waals surface area contributed by atoms with Crippen LogP contribution in [0.1, 0.15) is 27.3 Å². The normalized spacial score (nSPS) is 10.7. The third kappa shape index (κ3) is 4.51. The topological polar surface area (TPSA) is 72.3 Å². The van der Waals surface area contributed by atoms with Gasteiger partial charge in [0.15, 0.2) is 5.69 Å². The zero-order valence-corrected chi connectivity index (χ0v) is 13.4. The molecule has 0 saturated carbocycles. The van der Waals surface area contributed by atoms with Crippen LogP contribution in [0.4, 0.5) is 0 Å². The van der Waals surface area contributed by atoms with Crippen molar-refractivity contribution >= 4 is 18.1 Å². The average molecular weight is 332 g/mol. The highest BCUT2D eigenvalue weighted by molar-refractivity contribution is 5.85. The molecule has 1 heterocycles. The van der Waals surface area contributed by atoms with Gasteiger partial charge >= 0.3 is 5.97 Å². The lowest BCUT2D eigenvalue weighted by Gasteiger charge is -2.09. The minimum Gasteiger partial charge on any atom is -0.488 e. The Morgan fingerprint density at radius 3 is 2.44 bits per heavy atom. The number of aromatic carboxylic acids is 1. The summed E-state index contributed by atoms with van der Waals surface area (Å²) in [6.45, 7) is 0.485. The quantitative estimate of drug-likeness (QED) is 0.740. The number of hydrogen-bond donors (Lipinski definition) is 1. The Balaban J connectivity index is 1.73. The van der Waals surface area contributed by atoms with Gasteiger partial charge in [-0.3, -0.25) is 4.98 Å². The van der Waals surface area contributed by atoms with Crippen LogP contribution in [0.15, 0.2) is 67.0 Å². The second-order valence-electron chi connectivity index (χ2n) is 5.28. The van der Waals surface area contributed by atoms with Crippen LogP contribution in [0.2, 0.25) is 0 Å². The number of ether oxygens (including phenoxy) is 1. The predicted molar refractivity (Wildman–Crippen MR) is 95.1 cm³/mol. The number of para-hydroxylation sites is 1. The summed E-state index contributed by atoms with van der Waals surface area (Å²) in [7, 11) is 0. The Labute approximate surface area is 145 Å². The zero-order valence-electron chi connectivity index (χ0n) is 13.4. The molecule has 1 aromatic heterocycles. The summed E-state index contributed by atoms with van der Waals surface area (Å²) in [4.78, 5) is 18.7. The molecule has 25 heavy (non-hydrogen) atoms. The van der Waals surface area contributed by atoms with E-state index in [1.807, 2.05) is 60.7 Å². The molecule has 0 aliphatic rings. The van der Waals surface area contributed by atoms with Crippen LogP contribution < -0.4 is 4.74 Å². The number of carboxylic acid groups (broad SMARTS) is 1. The summed E-state index contributed by atoms with van der Waals surface area (Å²) in [5.74, 6) is -0.333. The fraction of sp³-hybridized carbons (Fsp3) is 0.0500. The van der Waals surface area contributed by atoms with Gasteiger partial charge in [-0.05, 0) is 23.8 Å². The first-order valence-corrected chi connectivity index (χ1v) is 7.71. The lowest BCUT2D eigenvalue weighted by molar-refractivity contribution is 0.0690. The molecule has 0 bridgehead atoms. The van der Waals surface area contributed by atoms with Crippen LogP contribution in [0.5, 0.6) is 5.75 Å². The number of hydrogen-bond acceptors (Lipinski definition) is 4. The Bertz CT molecular complexity index is 875. The minimum atomic E-state index is -1.09. The van der Waals surface area contributed by atoms with Gasteiger partial charge in [-0.15, -0.1) is 0 Å². The van der Waals surface area contributed by atoms with Crippen molar-refractivity contribution in [3.8, 4) is 5.75 Å². The number of benzene rings is 2. The van der Waals surface area contributed by atoms with Crippen molar-refractivity contribution < 1.29 is 14.6 Å². The molecule has 0 saturated heterocycles. The molecule has 5 nitrogen and oxygen atoms in total. The Hall–Kier alpha value is -3.47. The third-order valence-electron chi connectivity index (χ3n) is 3.48. The molecule has 0 aliphatic heterocycles. The largest absolute Gasteiger partial charge is 0.488 e. The minimum absolute atomic E-state index is 0.0799. The molecule has 2 aromatic carbocycles. The maximum absolute atomic E-state index is 10.8. The Morgan fingerprint density at radius 1 is 0.960 bits per heavy atom. The monoisotopic (exact) mass is 332 g/mol. The summed E-state index contributed by atoms with van der Waals surface area (Å²) >= 11 is 0. The number of carbonyl (C=O) groups is 1. The standard InChI is InChI=1S/C20H16N2O3/c23-20(24)18-13-21-17(12-22-18)11-10-16-8-4-5-9-19(16)25-14-15-6-2-1-3-7-15/h1-13H,14H2,(H,23,24). The molecular weight excluding hydrogens is 316 g/mol. The highest BCUT2D eigenvalue weighted by atomic mass is 16.5. The molecular formula is C20H16N2O3. The maximum atomic E-state index is 10.8. The Kier molecular flexibility index (Phi) is 5.16. The molecule has 5 heteroatoms. The van der Waals surface area contributed by atoms with E-state index < -0.39 is 5.97 Å². The fourth-order valence-corrected chi connectivity index (χ4v) is 2.19. The van der Waals surface area contributed by atoms with E-state index >= 15 is 0 Å². The lowest BCUT2D eigenvalue weighted by Crippen LogP contribution is -2.00. The summed E-state index contributed by atoms with van der Waals surface area (Å²) in [6.07, 6.45) is 6.29. The van der Waals surface area contributed by atoms with Crippen molar-refractivity contribution in [2.24, 2.45) is 0 Å². The van der Waals surface area contributed by atoms with Gasteiger partial charge in [-0.1, -0.05) is 48.5 Å². The molecule has 3 rings (SSSR count). The van der Waals surface area contributed by atoms with E-state index in [1.165, 1.54) is 12.4 Å². The van der Waals surface area contributed by atoms with Crippen molar-refractivity contribution in [1.29, 1.82) is 0 Å². The summed E-state index contributed by atoms with van der Waals surface area (Å²) in [5.41, 5.74) is 2.49. The van der Waals surface area contributed by atoms with Crippen molar-refractivity contribution in [3.63, 3.8) is 0 Å². The van der Waals surface area contributed by atoms with Gasteiger partial charge in [0.25, 0.3) is 0 Å². The van der Waals surface area contributed by atoms with E-state index in [9.17, 15) is 4.79 Å². The third-order valence-corrected chi connectivity index (χ3v) is 3.48. The van der Waals surface area contributed by atoms with Crippen LogP contribution in [-0.2, 0) is 6.61 Å². The van der Waals surface area contributed by atoms with Crippen LogP contribution in [0.3, 0.4) is 0 Å². The maximum Gasteiger partial charge on any atom is 0.356 e. The SMILES string of the molecule is O=C(O)c1cnc(C=Cc2ccccc2OCc2ccccc2)cn1. The van der Waals surface area contributed by atoms with Gasteiger partial charge in [0.1, 0.15) is 12.4 Å². The van der Waals surface area contributed by atoms with Gasteiger partial charge in [-0.2, -0.15) is 0 Å². The summed E-state index contributed by atoms with van der Waals surface area (Å²) in [6, 6.07) is 17.6. The first-order valence-electron chi connectivity index (χ1n) is 7.71. The van der Waals surface area contributed by atoms with Crippen LogP contribution in [0.25, 0.3) is 12.2 Å². The molecule has 0 fully saturated rings. The first-order chi connectivity index (χ1) is 12.2. The van der Waals surface area contributed by atoms with E-state index in [1.54, 1.807) is 6.08 Å². The van der Waals surface area contributed by atoms with Gasteiger partial charge < -0.3 is 9.84 Å². The molecule has 0 spiro atoms. The van der Waals surface area contributed by atoms with E-state index in [-0.39, 0.29) is 5.69 Å².